The topological polar surface area (TPSA) is 98.5 Å². The van der Waals surface area contributed by atoms with Crippen LogP contribution in [0.4, 0.5) is 0 Å². The molecule has 7 nitrogen and oxygen atoms in total. The van der Waals surface area contributed by atoms with Crippen molar-refractivity contribution in [3.8, 4) is 22.6 Å². The van der Waals surface area contributed by atoms with E-state index in [1.807, 2.05) is 18.2 Å². The minimum absolute atomic E-state index is 0.0395. The highest BCUT2D eigenvalue weighted by molar-refractivity contribution is 5.85. The number of esters is 1. The first kappa shape index (κ1) is 18.3. The molecule has 0 amide bonds. The third-order valence-electron chi connectivity index (χ3n) is 5.62. The van der Waals surface area contributed by atoms with Gasteiger partial charge in [0.05, 0.1) is 0 Å². The number of phenols is 1. The molecule has 1 aliphatic heterocycles. The molecule has 1 aliphatic carbocycles. The van der Waals surface area contributed by atoms with Crippen molar-refractivity contribution in [3.05, 3.63) is 57.5 Å². The van der Waals surface area contributed by atoms with E-state index in [1.165, 1.54) is 11.1 Å². The van der Waals surface area contributed by atoms with Crippen LogP contribution in [-0.4, -0.2) is 36.1 Å². The monoisotopic (exact) mass is 378 g/mol. The summed E-state index contributed by atoms with van der Waals surface area (Å²) in [6, 6.07) is 10.0. The van der Waals surface area contributed by atoms with Crippen LogP contribution in [0.1, 0.15) is 35.6 Å². The predicted molar refractivity (Wildman–Crippen MR) is 105 cm³/mol. The molecule has 1 atom stereocenters. The van der Waals surface area contributed by atoms with Gasteiger partial charge in [0.15, 0.2) is 11.5 Å². The number of benzene rings is 2. The number of hydrogen-bond acceptors (Lipinski definition) is 5. The number of rotatable bonds is 5. The molecular formula is C21H22N4O3. The van der Waals surface area contributed by atoms with E-state index in [-0.39, 0.29) is 24.5 Å². The Balaban J connectivity index is 1.72. The van der Waals surface area contributed by atoms with Crippen molar-refractivity contribution >= 4 is 5.97 Å². The van der Waals surface area contributed by atoms with Crippen LogP contribution in [-0.2, 0) is 17.6 Å². The second-order valence-electron chi connectivity index (χ2n) is 7.31. The fraction of sp³-hybridized carbons (Fsp3) is 0.381. The SMILES string of the molecule is CN1CCc2cccc3c2[C@H]1Cc1ccc(O)c(OC(=O)CCCN=[N+]=[N-])c1-3. The van der Waals surface area contributed by atoms with Crippen molar-refractivity contribution in [1.29, 1.82) is 0 Å². The zero-order chi connectivity index (χ0) is 19.7. The first-order valence-corrected chi connectivity index (χ1v) is 9.49. The zero-order valence-electron chi connectivity index (χ0n) is 15.8. The first-order chi connectivity index (χ1) is 13.6. The van der Waals surface area contributed by atoms with Gasteiger partial charge in [0.25, 0.3) is 0 Å². The van der Waals surface area contributed by atoms with Crippen molar-refractivity contribution in [2.45, 2.75) is 31.7 Å². The molecule has 0 bridgehead atoms. The summed E-state index contributed by atoms with van der Waals surface area (Å²) in [4.78, 5) is 17.3. The third-order valence-corrected chi connectivity index (χ3v) is 5.62. The fourth-order valence-corrected chi connectivity index (χ4v) is 4.27. The van der Waals surface area contributed by atoms with Crippen LogP contribution in [0.3, 0.4) is 0 Å². The van der Waals surface area contributed by atoms with E-state index < -0.39 is 5.97 Å². The van der Waals surface area contributed by atoms with Gasteiger partial charge in [-0.2, -0.15) is 0 Å². The standard InChI is InChI=1S/C21H22N4O3/c1-25-11-9-13-4-2-5-15-19(13)16(25)12-14-7-8-17(26)21(20(14)15)28-18(27)6-3-10-23-24-22/h2,4-5,7-8,16,26H,3,6,9-12H2,1H3/t16-/m1/s1. The van der Waals surface area contributed by atoms with Gasteiger partial charge in [-0.25, -0.2) is 0 Å². The van der Waals surface area contributed by atoms with Crippen LogP contribution in [0.15, 0.2) is 35.4 Å². The average Bonchev–Trinajstić information content (AvgIpc) is 2.70. The Bertz CT molecular complexity index is 982. The summed E-state index contributed by atoms with van der Waals surface area (Å²) in [6.07, 6.45) is 2.34. The molecule has 4 rings (SSSR count). The van der Waals surface area contributed by atoms with Crippen LogP contribution in [0.25, 0.3) is 21.6 Å². The fourth-order valence-electron chi connectivity index (χ4n) is 4.27. The lowest BCUT2D eigenvalue weighted by Crippen LogP contribution is -2.35. The van der Waals surface area contributed by atoms with Crippen molar-refractivity contribution in [2.75, 3.05) is 20.1 Å². The van der Waals surface area contributed by atoms with Gasteiger partial charge in [-0.15, -0.1) is 0 Å². The van der Waals surface area contributed by atoms with Crippen molar-refractivity contribution < 1.29 is 14.6 Å². The van der Waals surface area contributed by atoms with Gasteiger partial charge < -0.3 is 9.84 Å². The van der Waals surface area contributed by atoms with Gasteiger partial charge in [0.1, 0.15) is 0 Å². The van der Waals surface area contributed by atoms with E-state index in [0.29, 0.717) is 12.5 Å². The van der Waals surface area contributed by atoms with Gasteiger partial charge in [-0.1, -0.05) is 29.4 Å². The number of carbonyl (C=O) groups is 1. The second kappa shape index (κ2) is 7.54. The Hall–Kier alpha value is -3.02. The lowest BCUT2D eigenvalue weighted by Gasteiger charge is -2.40. The number of fused-ring (bicyclic) bond motifs is 2. The van der Waals surface area contributed by atoms with E-state index >= 15 is 0 Å². The van der Waals surface area contributed by atoms with Gasteiger partial charge >= 0.3 is 5.97 Å². The second-order valence-corrected chi connectivity index (χ2v) is 7.31. The number of likely N-dealkylation sites (N-methyl/N-ethyl adjacent to an activating group) is 1. The van der Waals surface area contributed by atoms with E-state index in [4.69, 9.17) is 10.3 Å². The van der Waals surface area contributed by atoms with Gasteiger partial charge in [-0.3, -0.25) is 9.69 Å². The number of hydrogen-bond donors (Lipinski definition) is 1. The summed E-state index contributed by atoms with van der Waals surface area (Å²) in [7, 11) is 2.14. The Kier molecular flexibility index (Phi) is 4.94. The highest BCUT2D eigenvalue weighted by Gasteiger charge is 2.34. The predicted octanol–water partition coefficient (Wildman–Crippen LogP) is 4.14. The Morgan fingerprint density at radius 3 is 3.04 bits per heavy atom. The normalized spacial score (nSPS) is 17.2. The summed E-state index contributed by atoms with van der Waals surface area (Å²) in [5.74, 6) is -0.255. The lowest BCUT2D eigenvalue weighted by molar-refractivity contribution is -0.134. The van der Waals surface area contributed by atoms with E-state index in [0.717, 1.165) is 36.1 Å². The first-order valence-electron chi connectivity index (χ1n) is 9.49. The molecule has 0 fully saturated rings. The molecule has 0 unspecified atom stereocenters. The molecular weight excluding hydrogens is 356 g/mol. The zero-order valence-corrected chi connectivity index (χ0v) is 15.8. The maximum absolute atomic E-state index is 12.3. The largest absolute Gasteiger partial charge is 0.504 e. The Labute approximate surface area is 163 Å². The van der Waals surface area contributed by atoms with E-state index in [2.05, 4.69) is 28.0 Å². The minimum atomic E-state index is -0.444. The Morgan fingerprint density at radius 1 is 1.36 bits per heavy atom. The number of nitrogens with zero attached hydrogens (tertiary/aromatic N) is 4. The number of phenolic OH excluding ortho intramolecular Hbond substituents is 1. The lowest BCUT2D eigenvalue weighted by atomic mass is 9.77. The molecule has 0 aromatic heterocycles. The number of ether oxygens (including phenoxy) is 1. The molecule has 2 aromatic rings. The van der Waals surface area contributed by atoms with Crippen molar-refractivity contribution in [3.63, 3.8) is 0 Å². The minimum Gasteiger partial charge on any atom is -0.504 e. The third kappa shape index (κ3) is 3.19. The van der Waals surface area contributed by atoms with Crippen LogP contribution in [0.5, 0.6) is 11.5 Å². The maximum Gasteiger partial charge on any atom is 0.311 e. The molecule has 0 spiro atoms. The van der Waals surface area contributed by atoms with Crippen molar-refractivity contribution in [2.24, 2.45) is 5.11 Å². The van der Waals surface area contributed by atoms with Crippen LogP contribution >= 0.6 is 0 Å². The quantitative estimate of drug-likeness (QED) is 0.211. The van der Waals surface area contributed by atoms with E-state index in [9.17, 15) is 9.90 Å². The highest BCUT2D eigenvalue weighted by atomic mass is 16.5. The molecule has 144 valence electrons. The molecule has 0 saturated carbocycles. The Morgan fingerprint density at radius 2 is 2.21 bits per heavy atom. The number of carbonyl (C=O) groups excluding carboxylic acids is 1. The van der Waals surface area contributed by atoms with Gasteiger partial charge in [0.2, 0.25) is 0 Å². The molecule has 2 aliphatic rings. The van der Waals surface area contributed by atoms with E-state index in [1.54, 1.807) is 6.07 Å². The van der Waals surface area contributed by atoms with Gasteiger partial charge in [0, 0.05) is 36.0 Å². The van der Waals surface area contributed by atoms with Gasteiger partial charge in [-0.05, 0) is 60.2 Å². The van der Waals surface area contributed by atoms with Crippen LogP contribution < -0.4 is 4.74 Å². The molecule has 28 heavy (non-hydrogen) atoms. The molecule has 0 saturated heterocycles. The van der Waals surface area contributed by atoms with Crippen LogP contribution in [0, 0.1) is 0 Å². The highest BCUT2D eigenvalue weighted by Crippen LogP contribution is 2.50. The number of azide groups is 1. The van der Waals surface area contributed by atoms with Crippen LogP contribution in [0.2, 0.25) is 0 Å². The molecule has 0 radical (unpaired) electrons. The average molecular weight is 378 g/mol. The molecule has 7 heteroatoms. The number of aromatic hydroxyl groups is 1. The summed E-state index contributed by atoms with van der Waals surface area (Å²) in [5.41, 5.74) is 13.8. The molecule has 2 aromatic carbocycles. The maximum atomic E-state index is 12.3. The molecule has 1 heterocycles. The smallest absolute Gasteiger partial charge is 0.311 e. The summed E-state index contributed by atoms with van der Waals surface area (Å²) < 4.78 is 5.60. The summed E-state index contributed by atoms with van der Waals surface area (Å²) in [5, 5.41) is 13.9. The van der Waals surface area contributed by atoms with Crippen molar-refractivity contribution in [1.82, 2.24) is 4.90 Å². The molecule has 1 N–H and O–H groups in total. The summed E-state index contributed by atoms with van der Waals surface area (Å²) >= 11 is 0. The summed E-state index contributed by atoms with van der Waals surface area (Å²) in [6.45, 7) is 1.26.